The van der Waals surface area contributed by atoms with Crippen molar-refractivity contribution in [2.45, 2.75) is 111 Å². The Labute approximate surface area is 248 Å². The lowest BCUT2D eigenvalue weighted by Gasteiger charge is -2.48. The first-order valence-electron chi connectivity index (χ1n) is 14.2. The van der Waals surface area contributed by atoms with Crippen LogP contribution in [0.25, 0.3) is 0 Å². The number of aliphatic hydroxyl groups is 8. The largest absolute Gasteiger partial charge is 0.395 e. The van der Waals surface area contributed by atoms with Crippen molar-refractivity contribution in [2.75, 3.05) is 32.8 Å². The molecule has 3 rings (SSSR count). The van der Waals surface area contributed by atoms with Gasteiger partial charge in [0.25, 0.3) is 5.91 Å². The van der Waals surface area contributed by atoms with Crippen molar-refractivity contribution in [3.63, 3.8) is 0 Å². The fraction of sp³-hybridized carbons (Fsp3) is 0.958. The molecule has 3 fully saturated rings. The summed E-state index contributed by atoms with van der Waals surface area (Å²) in [5.41, 5.74) is 23.7. The summed E-state index contributed by atoms with van der Waals surface area (Å²) in [6.45, 7) is -0.804. The first kappa shape index (κ1) is 36.3. The van der Waals surface area contributed by atoms with Gasteiger partial charge in [-0.05, 0) is 12.8 Å². The van der Waals surface area contributed by atoms with Gasteiger partial charge < -0.3 is 93.4 Å². The van der Waals surface area contributed by atoms with Gasteiger partial charge in [0, 0.05) is 25.7 Å². The number of rotatable bonds is 13. The summed E-state index contributed by atoms with van der Waals surface area (Å²) in [6.07, 6.45) is -16.7. The minimum Gasteiger partial charge on any atom is -0.395 e. The molecular formula is C24H48N6O13. The Bertz CT molecular complexity index is 867. The predicted molar refractivity (Wildman–Crippen MR) is 144 cm³/mol. The lowest BCUT2D eigenvalue weighted by atomic mass is 9.83. The SMILES string of the molecule is NCC(O)C(O)C(=O)N[C@@H]1C[C@H](N)C(O[C@H]2O[C@H](CNCCO)[C@@H](O)C[C@H]2N)[C@H](O)[C@H]1O[C@H]1O[C@H](CO)[C@@H](O)[C@H](N)[C@H]1O. The molecule has 0 aromatic heterocycles. The third kappa shape index (κ3) is 8.74. The maximum Gasteiger partial charge on any atom is 0.251 e. The van der Waals surface area contributed by atoms with Gasteiger partial charge in [0.15, 0.2) is 18.7 Å². The Morgan fingerprint density at radius 3 is 2.16 bits per heavy atom. The smallest absolute Gasteiger partial charge is 0.251 e. The van der Waals surface area contributed by atoms with E-state index in [9.17, 15) is 40.5 Å². The number of hydrogen-bond donors (Lipinski definition) is 14. The highest BCUT2D eigenvalue weighted by molar-refractivity contribution is 5.81. The van der Waals surface area contributed by atoms with Gasteiger partial charge in [-0.15, -0.1) is 0 Å². The quantitative estimate of drug-likeness (QED) is 0.0841. The molecule has 252 valence electrons. The van der Waals surface area contributed by atoms with E-state index in [0.717, 1.165) is 0 Å². The van der Waals surface area contributed by atoms with Gasteiger partial charge in [0.1, 0.15) is 42.7 Å². The van der Waals surface area contributed by atoms with Crippen molar-refractivity contribution < 1.29 is 64.6 Å². The summed E-state index contributed by atoms with van der Waals surface area (Å²) in [4.78, 5) is 12.7. The normalized spacial score (nSPS) is 43.6. The molecule has 2 heterocycles. The maximum atomic E-state index is 12.7. The molecule has 18 N–H and O–H groups in total. The molecule has 0 aromatic carbocycles. The molecule has 3 unspecified atom stereocenters. The molecule has 2 aliphatic heterocycles. The van der Waals surface area contributed by atoms with Crippen LogP contribution in [0, 0.1) is 0 Å². The zero-order valence-electron chi connectivity index (χ0n) is 23.6. The molecule has 0 spiro atoms. The van der Waals surface area contributed by atoms with Crippen LogP contribution in [0.1, 0.15) is 12.8 Å². The molecule has 16 atom stereocenters. The molecule has 3 aliphatic rings. The van der Waals surface area contributed by atoms with Gasteiger partial charge in [-0.25, -0.2) is 0 Å². The molecule has 0 radical (unpaired) electrons. The monoisotopic (exact) mass is 628 g/mol. The van der Waals surface area contributed by atoms with Gasteiger partial charge >= 0.3 is 0 Å². The van der Waals surface area contributed by atoms with Gasteiger partial charge in [-0.3, -0.25) is 4.79 Å². The number of nitrogens with two attached hydrogens (primary N) is 4. The molecule has 19 heteroatoms. The third-order valence-corrected chi connectivity index (χ3v) is 7.98. The van der Waals surface area contributed by atoms with Gasteiger partial charge in [0.2, 0.25) is 0 Å². The number of ether oxygens (including phenoxy) is 4. The summed E-state index contributed by atoms with van der Waals surface area (Å²) in [5, 5.41) is 86.7. The van der Waals surface area contributed by atoms with Crippen LogP contribution >= 0.6 is 0 Å². The molecule has 43 heavy (non-hydrogen) atoms. The molecule has 1 saturated carbocycles. The summed E-state index contributed by atoms with van der Waals surface area (Å²) in [7, 11) is 0. The van der Waals surface area contributed by atoms with Crippen LogP contribution < -0.4 is 33.6 Å². The number of carbonyl (C=O) groups excluding carboxylic acids is 1. The number of nitrogens with one attached hydrogen (secondary N) is 2. The summed E-state index contributed by atoms with van der Waals surface area (Å²) in [6, 6.07) is -4.28. The van der Waals surface area contributed by atoms with Crippen LogP contribution in [0.3, 0.4) is 0 Å². The van der Waals surface area contributed by atoms with E-state index in [-0.39, 0.29) is 32.5 Å². The average Bonchev–Trinajstić information content (AvgIpc) is 2.98. The van der Waals surface area contributed by atoms with Crippen molar-refractivity contribution in [1.29, 1.82) is 0 Å². The Morgan fingerprint density at radius 1 is 0.884 bits per heavy atom. The number of amides is 1. The molecule has 19 nitrogen and oxygen atoms in total. The highest BCUT2D eigenvalue weighted by Crippen LogP contribution is 2.31. The summed E-state index contributed by atoms with van der Waals surface area (Å²) < 4.78 is 23.3. The predicted octanol–water partition coefficient (Wildman–Crippen LogP) is -8.83. The molecular weight excluding hydrogens is 580 g/mol. The average molecular weight is 629 g/mol. The van der Waals surface area contributed by atoms with E-state index in [0.29, 0.717) is 0 Å². The minimum atomic E-state index is -1.93. The minimum absolute atomic E-state index is 0.0824. The maximum absolute atomic E-state index is 12.7. The molecule has 0 aromatic rings. The first-order valence-corrected chi connectivity index (χ1v) is 14.2. The van der Waals surface area contributed by atoms with Crippen molar-refractivity contribution in [2.24, 2.45) is 22.9 Å². The van der Waals surface area contributed by atoms with E-state index in [1.54, 1.807) is 0 Å². The zero-order valence-corrected chi connectivity index (χ0v) is 23.6. The van der Waals surface area contributed by atoms with Crippen molar-refractivity contribution >= 4 is 5.91 Å². The van der Waals surface area contributed by atoms with Crippen molar-refractivity contribution in [1.82, 2.24) is 10.6 Å². The second-order valence-corrected chi connectivity index (χ2v) is 11.2. The van der Waals surface area contributed by atoms with Crippen LogP contribution in [-0.4, -0.2) is 177 Å². The number of aliphatic hydroxyl groups excluding tert-OH is 8. The molecule has 2 saturated heterocycles. The highest BCUT2D eigenvalue weighted by Gasteiger charge is 2.51. The second kappa shape index (κ2) is 16.4. The van der Waals surface area contributed by atoms with Gasteiger partial charge in [-0.2, -0.15) is 0 Å². The van der Waals surface area contributed by atoms with Crippen LogP contribution in [0.15, 0.2) is 0 Å². The Hall–Kier alpha value is -1.21. The Balaban J connectivity index is 1.82. The van der Waals surface area contributed by atoms with Crippen LogP contribution in [0.2, 0.25) is 0 Å². The topological polar surface area (TPSA) is 344 Å². The third-order valence-electron chi connectivity index (χ3n) is 7.98. The number of carbonyl (C=O) groups is 1. The molecule has 0 bridgehead atoms. The van der Waals surface area contributed by atoms with E-state index in [4.69, 9.17) is 47.0 Å². The van der Waals surface area contributed by atoms with Crippen LogP contribution in [-0.2, 0) is 23.7 Å². The second-order valence-electron chi connectivity index (χ2n) is 11.2. The highest BCUT2D eigenvalue weighted by atomic mass is 16.7. The standard InChI is InChI=1S/C24H48N6O13/c25-5-12(34)16(35)22(39)30-10-3-8(26)20(42-23-9(27)4-11(33)13(40-23)6-29-1-2-31)19(38)21(10)43-24-18(37)15(28)17(36)14(7-32)41-24/h8-21,23-24,29,31-38H,1-7,25-28H2,(H,30,39)/t8-,9+,10+,11-,12?,13+,14+,15-,16?,17+,18+,19-,20?,21-,23+,24+/m0/s1. The fourth-order valence-corrected chi connectivity index (χ4v) is 5.39. The Kier molecular flexibility index (Phi) is 13.8. The fourth-order valence-electron chi connectivity index (χ4n) is 5.39. The first-order chi connectivity index (χ1) is 20.3. The lowest BCUT2D eigenvalue weighted by molar-refractivity contribution is -0.316. The van der Waals surface area contributed by atoms with E-state index in [1.165, 1.54) is 0 Å². The van der Waals surface area contributed by atoms with Crippen LogP contribution in [0.4, 0.5) is 0 Å². The van der Waals surface area contributed by atoms with Gasteiger partial charge in [-0.1, -0.05) is 0 Å². The lowest BCUT2D eigenvalue weighted by Crippen LogP contribution is -2.69. The molecule has 1 amide bonds. The zero-order chi connectivity index (χ0) is 32.0. The van der Waals surface area contributed by atoms with Gasteiger partial charge in [0.05, 0.1) is 43.5 Å². The van der Waals surface area contributed by atoms with Crippen molar-refractivity contribution in [3.8, 4) is 0 Å². The van der Waals surface area contributed by atoms with E-state index >= 15 is 0 Å². The molecule has 1 aliphatic carbocycles. The Morgan fingerprint density at radius 2 is 1.53 bits per heavy atom. The van der Waals surface area contributed by atoms with E-state index in [2.05, 4.69) is 10.6 Å². The summed E-state index contributed by atoms with van der Waals surface area (Å²) in [5.74, 6) is -1.05. The van der Waals surface area contributed by atoms with E-state index < -0.39 is 117 Å². The van der Waals surface area contributed by atoms with Crippen LogP contribution in [0.5, 0.6) is 0 Å². The number of hydrogen-bond acceptors (Lipinski definition) is 18. The van der Waals surface area contributed by atoms with E-state index in [1.807, 2.05) is 0 Å². The summed E-state index contributed by atoms with van der Waals surface area (Å²) >= 11 is 0. The van der Waals surface area contributed by atoms with Crippen molar-refractivity contribution in [3.05, 3.63) is 0 Å².